The Balaban J connectivity index is 2.46. The fourth-order valence-corrected chi connectivity index (χ4v) is 4.90. The maximum absolute atomic E-state index is 11.9. The molecule has 0 spiro atoms. The molecule has 0 radical (unpaired) electrons. The van der Waals surface area contributed by atoms with Crippen LogP contribution >= 0.6 is 78.0 Å². The van der Waals surface area contributed by atoms with Gasteiger partial charge in [0.2, 0.25) is 3.79 Å². The normalized spacial score (nSPS) is 11.4. The van der Waals surface area contributed by atoms with E-state index in [9.17, 15) is 9.59 Å². The van der Waals surface area contributed by atoms with Crippen LogP contribution in [0.25, 0.3) is 10.1 Å². The summed E-state index contributed by atoms with van der Waals surface area (Å²) in [5.41, 5.74) is 5.60. The molecule has 2 amide bonds. The maximum atomic E-state index is 11.9. The van der Waals surface area contributed by atoms with Crippen LogP contribution < -0.4 is 15.8 Å². The van der Waals surface area contributed by atoms with Crippen molar-refractivity contribution >= 4 is 105 Å². The average molecular weight is 555 g/mol. The number of halogens is 5. The smallest absolute Gasteiger partial charge is 0.412 e. The van der Waals surface area contributed by atoms with Gasteiger partial charge >= 0.3 is 6.09 Å². The molecule has 0 atom stereocenters. The van der Waals surface area contributed by atoms with E-state index in [1.165, 1.54) is 7.11 Å². The van der Waals surface area contributed by atoms with E-state index in [2.05, 4.69) is 37.2 Å². The molecule has 0 fully saturated rings. The van der Waals surface area contributed by atoms with E-state index in [-0.39, 0.29) is 10.6 Å². The molecule has 0 saturated carbocycles. The summed E-state index contributed by atoms with van der Waals surface area (Å²) in [6, 6.07) is 1.67. The predicted octanol–water partition coefficient (Wildman–Crippen LogP) is 5.45. The largest absolute Gasteiger partial charge is 0.494 e. The van der Waals surface area contributed by atoms with Gasteiger partial charge < -0.3 is 15.2 Å². The van der Waals surface area contributed by atoms with Crippen molar-refractivity contribution in [2.24, 2.45) is 5.73 Å². The molecule has 1 aromatic heterocycles. The van der Waals surface area contributed by atoms with Gasteiger partial charge in [0.25, 0.3) is 5.91 Å². The van der Waals surface area contributed by atoms with Gasteiger partial charge in [0.05, 0.1) is 26.3 Å². The molecule has 0 aliphatic carbocycles. The number of thiophene rings is 1. The van der Waals surface area contributed by atoms with Crippen molar-refractivity contribution in [2.45, 2.75) is 3.79 Å². The molecule has 12 heteroatoms. The van der Waals surface area contributed by atoms with Gasteiger partial charge in [0.15, 0.2) is 0 Å². The van der Waals surface area contributed by atoms with Gasteiger partial charge in [0, 0.05) is 5.39 Å². The third kappa shape index (κ3) is 4.84. The van der Waals surface area contributed by atoms with Crippen LogP contribution in [0.15, 0.2) is 15.0 Å². The highest BCUT2D eigenvalue weighted by molar-refractivity contribution is 9.11. The quantitative estimate of drug-likeness (QED) is 0.491. The van der Waals surface area contributed by atoms with Crippen LogP contribution in [0, 0.1) is 0 Å². The summed E-state index contributed by atoms with van der Waals surface area (Å²) in [7, 11) is 1.51. The summed E-state index contributed by atoms with van der Waals surface area (Å²) in [6.45, 7) is -0.455. The summed E-state index contributed by atoms with van der Waals surface area (Å²) in [6.07, 6.45) is -0.887. The van der Waals surface area contributed by atoms with Crippen LogP contribution in [0.3, 0.4) is 0 Å². The minimum atomic E-state index is -1.74. The predicted molar refractivity (Wildman–Crippen MR) is 108 cm³/mol. The topological polar surface area (TPSA) is 90.6 Å². The van der Waals surface area contributed by atoms with Crippen LogP contribution in [0.4, 0.5) is 9.80 Å². The Hall–Kier alpha value is -0.450. The number of rotatable bonds is 4. The number of anilines is 1. The standard InChI is InChI=1S/C13H9Br2Cl3N2O4S/c1-23-8-5(14)2-4-6(10(19)21)11(25-9(4)7(8)15)20-12(22)24-3-13(16,17)18/h2H,3H2,1H3,(H2,19,21)(H,20,22). The second-order valence-corrected chi connectivity index (χ2v) is 9.75. The van der Waals surface area contributed by atoms with E-state index in [0.717, 1.165) is 11.3 Å². The van der Waals surface area contributed by atoms with E-state index in [1.54, 1.807) is 6.07 Å². The molecule has 6 nitrogen and oxygen atoms in total. The number of alkyl halides is 3. The number of hydrogen-bond donors (Lipinski definition) is 2. The van der Waals surface area contributed by atoms with Crippen molar-refractivity contribution in [1.29, 1.82) is 0 Å². The molecular formula is C13H9Br2Cl3N2O4S. The number of ether oxygens (including phenoxy) is 2. The van der Waals surface area contributed by atoms with Crippen LogP contribution in [0.2, 0.25) is 0 Å². The first-order chi connectivity index (χ1) is 11.5. The molecule has 136 valence electrons. The maximum Gasteiger partial charge on any atom is 0.412 e. The Labute approximate surface area is 178 Å². The summed E-state index contributed by atoms with van der Waals surface area (Å²) in [4.78, 5) is 23.8. The van der Waals surface area contributed by atoms with E-state index in [1.807, 2.05) is 0 Å². The van der Waals surface area contributed by atoms with Crippen LogP contribution in [0.1, 0.15) is 10.4 Å². The number of fused-ring (bicyclic) bond motifs is 1. The molecule has 1 heterocycles. The SMILES string of the molecule is COc1c(Br)cc2c(C(N)=O)c(NC(=O)OCC(Cl)(Cl)Cl)sc2c1Br. The van der Waals surface area contributed by atoms with Crippen LogP contribution in [0.5, 0.6) is 5.75 Å². The second kappa shape index (κ2) is 8.06. The lowest BCUT2D eigenvalue weighted by Crippen LogP contribution is -2.22. The molecular weight excluding hydrogens is 546 g/mol. The van der Waals surface area contributed by atoms with Gasteiger partial charge in [-0.2, -0.15) is 0 Å². The highest BCUT2D eigenvalue weighted by Gasteiger charge is 2.25. The van der Waals surface area contributed by atoms with Crippen molar-refractivity contribution in [1.82, 2.24) is 0 Å². The lowest BCUT2D eigenvalue weighted by atomic mass is 10.1. The average Bonchev–Trinajstić information content (AvgIpc) is 2.83. The molecule has 0 saturated heterocycles. The van der Waals surface area contributed by atoms with Gasteiger partial charge in [0.1, 0.15) is 17.4 Å². The first-order valence-corrected chi connectivity index (χ1v) is 9.87. The number of hydrogen-bond acceptors (Lipinski definition) is 5. The Morgan fingerprint density at radius 3 is 2.52 bits per heavy atom. The number of nitrogens with two attached hydrogens (primary N) is 1. The summed E-state index contributed by atoms with van der Waals surface area (Å²) in [5, 5.41) is 3.18. The molecule has 0 aliphatic heterocycles. The molecule has 25 heavy (non-hydrogen) atoms. The minimum absolute atomic E-state index is 0.134. The van der Waals surface area contributed by atoms with Crippen molar-refractivity contribution in [3.05, 3.63) is 20.6 Å². The molecule has 3 N–H and O–H groups in total. The molecule has 0 bridgehead atoms. The molecule has 2 rings (SSSR count). The van der Waals surface area contributed by atoms with Gasteiger partial charge in [-0.3, -0.25) is 10.1 Å². The van der Waals surface area contributed by atoms with Crippen molar-refractivity contribution in [3.8, 4) is 5.75 Å². The number of carbonyl (C=O) groups excluding carboxylic acids is 2. The van der Waals surface area contributed by atoms with E-state index < -0.39 is 22.4 Å². The summed E-state index contributed by atoms with van der Waals surface area (Å²) < 4.78 is 10.2. The third-order valence-corrected chi connectivity index (χ3v) is 5.94. The van der Waals surface area contributed by atoms with Gasteiger partial charge in [-0.15, -0.1) is 11.3 Å². The number of primary amides is 1. The Morgan fingerprint density at radius 2 is 2.00 bits per heavy atom. The summed E-state index contributed by atoms with van der Waals surface area (Å²) >= 11 is 24.5. The second-order valence-electron chi connectivity index (χ2n) is 4.57. The fourth-order valence-electron chi connectivity index (χ4n) is 1.94. The van der Waals surface area contributed by atoms with Crippen molar-refractivity contribution < 1.29 is 19.1 Å². The zero-order valence-electron chi connectivity index (χ0n) is 12.3. The Morgan fingerprint density at radius 1 is 1.36 bits per heavy atom. The zero-order chi connectivity index (χ0) is 18.9. The molecule has 0 aliphatic rings. The lowest BCUT2D eigenvalue weighted by molar-refractivity contribution is 0.100. The van der Waals surface area contributed by atoms with Gasteiger partial charge in [-0.05, 0) is 37.9 Å². The first-order valence-electron chi connectivity index (χ1n) is 6.34. The van der Waals surface area contributed by atoms with Crippen molar-refractivity contribution in [3.63, 3.8) is 0 Å². The van der Waals surface area contributed by atoms with E-state index in [0.29, 0.717) is 24.8 Å². The number of carbonyl (C=O) groups is 2. The monoisotopic (exact) mass is 552 g/mol. The summed E-state index contributed by atoms with van der Waals surface area (Å²) in [5.74, 6) is -0.179. The van der Waals surface area contributed by atoms with E-state index in [4.69, 9.17) is 50.0 Å². The molecule has 0 unspecified atom stereocenters. The van der Waals surface area contributed by atoms with Gasteiger partial charge in [-0.25, -0.2) is 4.79 Å². The number of amides is 2. The molecule has 1 aromatic carbocycles. The van der Waals surface area contributed by atoms with Crippen molar-refractivity contribution in [2.75, 3.05) is 19.0 Å². The highest BCUT2D eigenvalue weighted by atomic mass is 79.9. The lowest BCUT2D eigenvalue weighted by Gasteiger charge is -2.11. The third-order valence-electron chi connectivity index (χ3n) is 2.86. The Bertz CT molecular complexity index is 854. The minimum Gasteiger partial charge on any atom is -0.494 e. The first kappa shape index (κ1) is 20.9. The number of nitrogens with one attached hydrogen (secondary N) is 1. The number of methoxy groups -OCH3 is 1. The van der Waals surface area contributed by atoms with E-state index >= 15 is 0 Å². The highest BCUT2D eigenvalue weighted by Crippen LogP contribution is 2.46. The Kier molecular flexibility index (Phi) is 6.72. The van der Waals surface area contributed by atoms with Gasteiger partial charge in [-0.1, -0.05) is 34.8 Å². The molecule has 2 aromatic rings. The van der Waals surface area contributed by atoms with Crippen LogP contribution in [-0.4, -0.2) is 29.5 Å². The number of benzene rings is 1. The fraction of sp³-hybridized carbons (Fsp3) is 0.231. The van der Waals surface area contributed by atoms with Crippen LogP contribution in [-0.2, 0) is 4.74 Å². The zero-order valence-corrected chi connectivity index (χ0v) is 18.5.